The fourth-order valence-electron chi connectivity index (χ4n) is 1.37. The Morgan fingerprint density at radius 3 is 2.84 bits per heavy atom. The molecule has 98 valence electrons. The van der Waals surface area contributed by atoms with E-state index in [1.165, 1.54) is 19.4 Å². The van der Waals surface area contributed by atoms with Crippen LogP contribution in [0.2, 0.25) is 5.02 Å². The van der Waals surface area contributed by atoms with Gasteiger partial charge >= 0.3 is 5.97 Å². The number of rotatable bonds is 3. The first-order valence-corrected chi connectivity index (χ1v) is 6.44. The summed E-state index contributed by atoms with van der Waals surface area (Å²) in [6.45, 7) is 0. The molecule has 0 atom stereocenters. The lowest BCUT2D eigenvalue weighted by molar-refractivity contribution is 0.0593. The van der Waals surface area contributed by atoms with Crippen molar-refractivity contribution < 1.29 is 14.3 Å². The summed E-state index contributed by atoms with van der Waals surface area (Å²) in [6, 6.07) is 8.37. The van der Waals surface area contributed by atoms with Crippen LogP contribution in [0.1, 0.15) is 10.5 Å². The minimum atomic E-state index is -0.522. The lowest BCUT2D eigenvalue weighted by atomic mass is 10.3. The van der Waals surface area contributed by atoms with Gasteiger partial charge in [0.2, 0.25) is 0 Å². The van der Waals surface area contributed by atoms with Gasteiger partial charge in [0.15, 0.2) is 5.69 Å². The first kappa shape index (κ1) is 13.8. The fourth-order valence-corrected chi connectivity index (χ4v) is 1.87. The standard InChI is InChI=1S/C13H9BrClNO3/c1-18-13(17)11-7-9(4-5-16-11)19-12-6-8(14)2-3-10(12)15/h2-7H,1H3. The summed E-state index contributed by atoms with van der Waals surface area (Å²) in [4.78, 5) is 15.3. The quantitative estimate of drug-likeness (QED) is 0.789. The number of nitrogens with zero attached hydrogens (tertiary/aromatic N) is 1. The zero-order valence-corrected chi connectivity index (χ0v) is 12.2. The summed E-state index contributed by atoms with van der Waals surface area (Å²) < 4.78 is 11.1. The number of carbonyl (C=O) groups is 1. The molecule has 0 saturated heterocycles. The number of aromatic nitrogens is 1. The third-order valence-electron chi connectivity index (χ3n) is 2.25. The lowest BCUT2D eigenvalue weighted by Gasteiger charge is -2.08. The second-order valence-corrected chi connectivity index (χ2v) is 4.87. The second-order valence-electron chi connectivity index (χ2n) is 3.55. The fraction of sp³-hybridized carbons (Fsp3) is 0.0769. The molecular weight excluding hydrogens is 334 g/mol. The van der Waals surface area contributed by atoms with Crippen LogP contribution in [-0.4, -0.2) is 18.1 Å². The van der Waals surface area contributed by atoms with Gasteiger partial charge < -0.3 is 9.47 Å². The molecule has 0 amide bonds. The minimum absolute atomic E-state index is 0.172. The van der Waals surface area contributed by atoms with E-state index in [1.54, 1.807) is 18.2 Å². The highest BCUT2D eigenvalue weighted by Gasteiger charge is 2.10. The molecular formula is C13H9BrClNO3. The molecule has 1 heterocycles. The molecule has 2 rings (SSSR count). The van der Waals surface area contributed by atoms with Crippen molar-refractivity contribution in [1.29, 1.82) is 0 Å². The van der Waals surface area contributed by atoms with Gasteiger partial charge in [0.1, 0.15) is 11.5 Å². The molecule has 0 aliphatic rings. The molecule has 0 saturated carbocycles. The van der Waals surface area contributed by atoms with Crippen LogP contribution in [0.25, 0.3) is 0 Å². The lowest BCUT2D eigenvalue weighted by Crippen LogP contribution is -2.03. The van der Waals surface area contributed by atoms with Crippen LogP contribution >= 0.6 is 27.5 Å². The predicted molar refractivity (Wildman–Crippen MR) is 74.8 cm³/mol. The summed E-state index contributed by atoms with van der Waals surface area (Å²) in [5.41, 5.74) is 0.172. The van der Waals surface area contributed by atoms with Gasteiger partial charge in [-0.3, -0.25) is 0 Å². The Morgan fingerprint density at radius 1 is 1.32 bits per heavy atom. The molecule has 0 N–H and O–H groups in total. The first-order chi connectivity index (χ1) is 9.10. The maximum Gasteiger partial charge on any atom is 0.356 e. The van der Waals surface area contributed by atoms with Gasteiger partial charge in [-0.25, -0.2) is 9.78 Å². The predicted octanol–water partition coefficient (Wildman–Crippen LogP) is 4.08. The van der Waals surface area contributed by atoms with Gasteiger partial charge in [0.25, 0.3) is 0 Å². The molecule has 0 unspecified atom stereocenters. The maximum atomic E-state index is 11.4. The Balaban J connectivity index is 2.28. The normalized spacial score (nSPS) is 10.1. The second kappa shape index (κ2) is 6.04. The van der Waals surface area contributed by atoms with Crippen LogP contribution in [0.4, 0.5) is 0 Å². The zero-order valence-electron chi connectivity index (χ0n) is 9.89. The molecule has 1 aromatic heterocycles. The molecule has 0 bridgehead atoms. The van der Waals surface area contributed by atoms with Crippen molar-refractivity contribution in [2.24, 2.45) is 0 Å². The SMILES string of the molecule is COC(=O)c1cc(Oc2cc(Br)ccc2Cl)ccn1. The number of hydrogen-bond donors (Lipinski definition) is 0. The van der Waals surface area contributed by atoms with Crippen LogP contribution in [0.5, 0.6) is 11.5 Å². The van der Waals surface area contributed by atoms with Gasteiger partial charge in [-0.2, -0.15) is 0 Å². The maximum absolute atomic E-state index is 11.4. The highest BCUT2D eigenvalue weighted by Crippen LogP contribution is 2.31. The van der Waals surface area contributed by atoms with Crippen molar-refractivity contribution in [3.05, 3.63) is 51.7 Å². The smallest absolute Gasteiger partial charge is 0.356 e. The summed E-state index contributed by atoms with van der Waals surface area (Å²) in [6.07, 6.45) is 1.47. The molecule has 4 nitrogen and oxygen atoms in total. The molecule has 0 fully saturated rings. The molecule has 0 aliphatic heterocycles. The molecule has 6 heteroatoms. The van der Waals surface area contributed by atoms with Crippen molar-refractivity contribution in [3.8, 4) is 11.5 Å². The van der Waals surface area contributed by atoms with Crippen molar-refractivity contribution in [2.45, 2.75) is 0 Å². The third kappa shape index (κ3) is 3.45. The van der Waals surface area contributed by atoms with Gasteiger partial charge in [-0.05, 0) is 24.3 Å². The first-order valence-electron chi connectivity index (χ1n) is 5.27. The topological polar surface area (TPSA) is 48.4 Å². The number of hydrogen-bond acceptors (Lipinski definition) is 4. The highest BCUT2D eigenvalue weighted by atomic mass is 79.9. The number of pyridine rings is 1. The minimum Gasteiger partial charge on any atom is -0.464 e. The van der Waals surface area contributed by atoms with Crippen LogP contribution in [0.15, 0.2) is 41.0 Å². The van der Waals surface area contributed by atoms with E-state index in [0.29, 0.717) is 16.5 Å². The number of methoxy groups -OCH3 is 1. The van der Waals surface area contributed by atoms with E-state index < -0.39 is 5.97 Å². The third-order valence-corrected chi connectivity index (χ3v) is 3.05. The molecule has 0 aliphatic carbocycles. The molecule has 1 aromatic carbocycles. The number of esters is 1. The van der Waals surface area contributed by atoms with Gasteiger partial charge in [-0.1, -0.05) is 27.5 Å². The number of ether oxygens (including phenoxy) is 2. The number of carbonyl (C=O) groups excluding carboxylic acids is 1. The zero-order chi connectivity index (χ0) is 13.8. The van der Waals surface area contributed by atoms with Crippen molar-refractivity contribution in [1.82, 2.24) is 4.98 Å². The van der Waals surface area contributed by atoms with Crippen LogP contribution in [0.3, 0.4) is 0 Å². The van der Waals surface area contributed by atoms with Gasteiger partial charge in [0.05, 0.1) is 12.1 Å². The largest absolute Gasteiger partial charge is 0.464 e. The van der Waals surface area contributed by atoms with E-state index in [9.17, 15) is 4.79 Å². The van der Waals surface area contributed by atoms with E-state index >= 15 is 0 Å². The van der Waals surface area contributed by atoms with Crippen LogP contribution in [0, 0.1) is 0 Å². The van der Waals surface area contributed by atoms with E-state index in [0.717, 1.165) is 4.47 Å². The Kier molecular flexibility index (Phi) is 4.39. The van der Waals surface area contributed by atoms with Crippen molar-refractivity contribution in [2.75, 3.05) is 7.11 Å². The number of benzene rings is 1. The number of halogens is 2. The molecule has 2 aromatic rings. The van der Waals surface area contributed by atoms with Crippen LogP contribution < -0.4 is 4.74 Å². The van der Waals surface area contributed by atoms with Crippen LogP contribution in [-0.2, 0) is 4.74 Å². The monoisotopic (exact) mass is 341 g/mol. The Labute approximate surface area is 123 Å². The molecule has 0 radical (unpaired) electrons. The average Bonchev–Trinajstić information content (AvgIpc) is 2.42. The Bertz CT molecular complexity index is 619. The highest BCUT2D eigenvalue weighted by molar-refractivity contribution is 9.10. The average molecular weight is 343 g/mol. The molecule has 19 heavy (non-hydrogen) atoms. The molecule has 0 spiro atoms. The van der Waals surface area contributed by atoms with Crippen molar-refractivity contribution >= 4 is 33.5 Å². The summed E-state index contributed by atoms with van der Waals surface area (Å²) in [5, 5.41) is 0.472. The summed E-state index contributed by atoms with van der Waals surface area (Å²) in [7, 11) is 1.29. The van der Waals surface area contributed by atoms with Crippen molar-refractivity contribution in [3.63, 3.8) is 0 Å². The Morgan fingerprint density at radius 2 is 2.11 bits per heavy atom. The summed E-state index contributed by atoms with van der Waals surface area (Å²) >= 11 is 9.36. The van der Waals surface area contributed by atoms with E-state index in [1.807, 2.05) is 6.07 Å². The Hall–Kier alpha value is -1.59. The van der Waals surface area contributed by atoms with E-state index in [4.69, 9.17) is 16.3 Å². The van der Waals surface area contributed by atoms with E-state index in [-0.39, 0.29) is 5.69 Å². The van der Waals surface area contributed by atoms with Gasteiger partial charge in [0, 0.05) is 16.7 Å². The van der Waals surface area contributed by atoms with E-state index in [2.05, 4.69) is 25.7 Å². The van der Waals surface area contributed by atoms with Gasteiger partial charge in [-0.15, -0.1) is 0 Å². The summed E-state index contributed by atoms with van der Waals surface area (Å²) in [5.74, 6) is 0.416.